The molecule has 4 nitrogen and oxygen atoms in total. The maximum absolute atomic E-state index is 12.8. The molecule has 0 aromatic carbocycles. The van der Waals surface area contributed by atoms with Crippen LogP contribution < -0.4 is 0 Å². The van der Waals surface area contributed by atoms with Crippen LogP contribution in [0.2, 0.25) is 0 Å². The van der Waals surface area contributed by atoms with Crippen LogP contribution >= 0.6 is 12.4 Å². The maximum Gasteiger partial charge on any atom is 0.233 e. The zero-order valence-electron chi connectivity index (χ0n) is 14.3. The number of hydrogen-bond donors (Lipinski definition) is 0. The Labute approximate surface area is 155 Å². The van der Waals surface area contributed by atoms with Crippen LogP contribution in [0.25, 0.3) is 0 Å². The fraction of sp³-hybridized carbons (Fsp3) is 0.550. The molecule has 5 heteroatoms. The molecule has 4 atom stereocenters. The Balaban J connectivity index is 0.00000182. The van der Waals surface area contributed by atoms with Crippen molar-refractivity contribution < 1.29 is 9.59 Å². The van der Waals surface area contributed by atoms with E-state index in [9.17, 15) is 9.59 Å². The second-order valence-corrected chi connectivity index (χ2v) is 7.34. The number of unbranched alkanes of at least 4 members (excludes halogenated alkanes) is 1. The van der Waals surface area contributed by atoms with E-state index < -0.39 is 0 Å². The third-order valence-corrected chi connectivity index (χ3v) is 5.94. The van der Waals surface area contributed by atoms with Crippen molar-refractivity contribution >= 4 is 24.2 Å². The van der Waals surface area contributed by atoms with Crippen LogP contribution in [0.4, 0.5) is 0 Å². The topological polar surface area (TPSA) is 50.3 Å². The molecule has 0 N–H and O–H groups in total. The van der Waals surface area contributed by atoms with E-state index in [1.54, 1.807) is 17.3 Å². The molecule has 0 radical (unpaired) electrons. The minimum absolute atomic E-state index is 0. The van der Waals surface area contributed by atoms with Gasteiger partial charge in [-0.05, 0) is 61.6 Å². The Morgan fingerprint density at radius 2 is 1.56 bits per heavy atom. The number of halogens is 1. The lowest BCUT2D eigenvalue weighted by Gasteiger charge is -2.27. The van der Waals surface area contributed by atoms with Gasteiger partial charge in [-0.1, -0.05) is 18.6 Å². The number of imide groups is 1. The van der Waals surface area contributed by atoms with Gasteiger partial charge in [0.2, 0.25) is 11.8 Å². The van der Waals surface area contributed by atoms with E-state index in [1.165, 1.54) is 5.56 Å². The van der Waals surface area contributed by atoms with Crippen molar-refractivity contribution in [3.63, 3.8) is 0 Å². The SMILES string of the molecule is Cl.O=C1C2C3C=CC(CCC3)C2C(=O)N1CCCCc1ccncc1. The molecule has 2 fully saturated rings. The average molecular weight is 361 g/mol. The number of likely N-dealkylation sites (tertiary alicyclic amines) is 1. The summed E-state index contributed by atoms with van der Waals surface area (Å²) in [4.78, 5) is 31.2. The van der Waals surface area contributed by atoms with Crippen LogP contribution in [0.5, 0.6) is 0 Å². The highest BCUT2D eigenvalue weighted by Crippen LogP contribution is 2.47. The summed E-state index contributed by atoms with van der Waals surface area (Å²) in [5.74, 6) is 0.606. The standard InChI is InChI=1S/C20H24N2O2.ClH/c23-19-17-15-5-3-6-16(8-7-15)18(17)20(24)22(19)13-2-1-4-14-9-11-21-12-10-14;/h7-12,15-18H,1-6,13H2;1H. The first-order valence-corrected chi connectivity index (χ1v) is 9.18. The lowest BCUT2D eigenvalue weighted by Crippen LogP contribution is -2.33. The molecular weight excluding hydrogens is 336 g/mol. The Bertz CT molecular complexity index is 629. The van der Waals surface area contributed by atoms with Gasteiger partial charge in [0.1, 0.15) is 0 Å². The van der Waals surface area contributed by atoms with Crippen LogP contribution in [0.15, 0.2) is 36.7 Å². The quantitative estimate of drug-likeness (QED) is 0.459. The number of pyridine rings is 1. The van der Waals surface area contributed by atoms with Gasteiger partial charge in [-0.3, -0.25) is 19.5 Å². The molecule has 134 valence electrons. The fourth-order valence-electron chi connectivity index (χ4n) is 4.71. The predicted molar refractivity (Wildman–Crippen MR) is 98.1 cm³/mol. The first kappa shape index (κ1) is 18.1. The first-order chi connectivity index (χ1) is 11.8. The van der Waals surface area contributed by atoms with Crippen molar-refractivity contribution in [1.82, 2.24) is 9.88 Å². The predicted octanol–water partition coefficient (Wildman–Crippen LogP) is 3.41. The highest BCUT2D eigenvalue weighted by Gasteiger charge is 2.54. The van der Waals surface area contributed by atoms with Crippen molar-refractivity contribution in [2.24, 2.45) is 23.7 Å². The summed E-state index contributed by atoms with van der Waals surface area (Å²) < 4.78 is 0. The second-order valence-electron chi connectivity index (χ2n) is 7.34. The molecule has 1 saturated heterocycles. The molecule has 1 aromatic heterocycles. The van der Waals surface area contributed by atoms with E-state index >= 15 is 0 Å². The molecule has 25 heavy (non-hydrogen) atoms. The highest BCUT2D eigenvalue weighted by molar-refractivity contribution is 6.05. The summed E-state index contributed by atoms with van der Waals surface area (Å²) >= 11 is 0. The zero-order chi connectivity index (χ0) is 16.5. The van der Waals surface area contributed by atoms with Crippen molar-refractivity contribution in [1.29, 1.82) is 0 Å². The van der Waals surface area contributed by atoms with Gasteiger partial charge in [-0.2, -0.15) is 0 Å². The monoisotopic (exact) mass is 360 g/mol. The van der Waals surface area contributed by atoms with E-state index in [2.05, 4.69) is 17.1 Å². The number of carbonyl (C=O) groups excluding carboxylic acids is 2. The number of nitrogens with zero attached hydrogens (tertiary/aromatic N) is 2. The second kappa shape index (κ2) is 7.69. The molecule has 4 aliphatic rings. The maximum atomic E-state index is 12.8. The molecule has 2 amide bonds. The minimum atomic E-state index is -0.0739. The highest BCUT2D eigenvalue weighted by atomic mass is 35.5. The van der Waals surface area contributed by atoms with E-state index in [-0.39, 0.29) is 47.9 Å². The molecular formula is C20H25ClN2O2. The molecule has 0 spiro atoms. The summed E-state index contributed by atoms with van der Waals surface area (Å²) in [6.07, 6.45) is 14.1. The van der Waals surface area contributed by atoms with Gasteiger partial charge in [0.05, 0.1) is 11.8 Å². The summed E-state index contributed by atoms with van der Waals surface area (Å²) in [5.41, 5.74) is 1.26. The van der Waals surface area contributed by atoms with Crippen LogP contribution in [0, 0.1) is 23.7 Å². The van der Waals surface area contributed by atoms with Crippen molar-refractivity contribution in [2.75, 3.05) is 6.54 Å². The molecule has 1 aromatic rings. The van der Waals surface area contributed by atoms with Crippen molar-refractivity contribution in [3.8, 4) is 0 Å². The van der Waals surface area contributed by atoms with Gasteiger partial charge in [0, 0.05) is 18.9 Å². The number of rotatable bonds is 5. The third-order valence-electron chi connectivity index (χ3n) is 5.94. The van der Waals surface area contributed by atoms with E-state index in [0.29, 0.717) is 6.54 Å². The first-order valence-electron chi connectivity index (χ1n) is 9.18. The van der Waals surface area contributed by atoms with Crippen LogP contribution in [-0.4, -0.2) is 28.2 Å². The zero-order valence-corrected chi connectivity index (χ0v) is 15.2. The molecule has 4 unspecified atom stereocenters. The van der Waals surface area contributed by atoms with Gasteiger partial charge >= 0.3 is 0 Å². The van der Waals surface area contributed by atoms with Crippen LogP contribution in [-0.2, 0) is 16.0 Å². The Kier molecular flexibility index (Phi) is 5.57. The van der Waals surface area contributed by atoms with E-state index in [1.807, 2.05) is 12.1 Å². The Morgan fingerprint density at radius 3 is 2.16 bits per heavy atom. The lowest BCUT2D eigenvalue weighted by molar-refractivity contribution is -0.140. The number of carbonyl (C=O) groups is 2. The number of hydrogen-bond acceptors (Lipinski definition) is 3. The minimum Gasteiger partial charge on any atom is -0.282 e. The van der Waals surface area contributed by atoms with Crippen molar-refractivity contribution in [3.05, 3.63) is 42.2 Å². The van der Waals surface area contributed by atoms with E-state index in [4.69, 9.17) is 0 Å². The smallest absolute Gasteiger partial charge is 0.233 e. The van der Waals surface area contributed by atoms with Gasteiger partial charge in [-0.25, -0.2) is 0 Å². The van der Waals surface area contributed by atoms with E-state index in [0.717, 1.165) is 38.5 Å². The van der Waals surface area contributed by atoms with Crippen LogP contribution in [0.1, 0.15) is 37.7 Å². The van der Waals surface area contributed by atoms with Crippen molar-refractivity contribution in [2.45, 2.75) is 38.5 Å². The molecule has 2 bridgehead atoms. The summed E-state index contributed by atoms with van der Waals surface area (Å²) in [6.45, 7) is 0.579. The molecule has 1 saturated carbocycles. The lowest BCUT2D eigenvalue weighted by atomic mass is 9.73. The van der Waals surface area contributed by atoms with Gasteiger partial charge in [-0.15, -0.1) is 12.4 Å². The number of amides is 2. The molecule has 5 rings (SSSR count). The fourth-order valence-corrected chi connectivity index (χ4v) is 4.71. The number of aromatic nitrogens is 1. The summed E-state index contributed by atoms with van der Waals surface area (Å²) in [6, 6.07) is 4.04. The number of fused-ring (bicyclic) bond motifs is 2. The summed E-state index contributed by atoms with van der Waals surface area (Å²) in [5, 5.41) is 0. The third kappa shape index (κ3) is 3.37. The number of allylic oxidation sites excluding steroid dienone is 2. The molecule has 1 aliphatic heterocycles. The van der Waals surface area contributed by atoms with Gasteiger partial charge < -0.3 is 0 Å². The largest absolute Gasteiger partial charge is 0.282 e. The van der Waals surface area contributed by atoms with Crippen LogP contribution in [0.3, 0.4) is 0 Å². The molecule has 2 heterocycles. The molecule has 3 aliphatic carbocycles. The summed E-state index contributed by atoms with van der Waals surface area (Å²) in [7, 11) is 0. The number of aryl methyl sites for hydroxylation is 1. The van der Waals surface area contributed by atoms with Gasteiger partial charge in [0.25, 0.3) is 0 Å². The van der Waals surface area contributed by atoms with Gasteiger partial charge in [0.15, 0.2) is 0 Å². The average Bonchev–Trinajstić information content (AvgIpc) is 2.83. The Morgan fingerprint density at radius 1 is 0.960 bits per heavy atom. The Hall–Kier alpha value is -1.68. The normalized spacial score (nSPS) is 30.2.